The maximum Gasteiger partial charge on any atom is 0.306 e. The van der Waals surface area contributed by atoms with Gasteiger partial charge in [-0.1, -0.05) is 48.5 Å². The SMILES string of the molecule is N#Cc1ccc(CCC(=O)OCC(=O)N2c3ccccc3CCc3ccccc32)cc1. The number of benzene rings is 3. The van der Waals surface area contributed by atoms with Gasteiger partial charge in [-0.25, -0.2) is 0 Å². The van der Waals surface area contributed by atoms with E-state index < -0.39 is 5.97 Å². The predicted molar refractivity (Wildman–Crippen MR) is 118 cm³/mol. The van der Waals surface area contributed by atoms with Crippen LogP contribution < -0.4 is 4.90 Å². The van der Waals surface area contributed by atoms with Crippen LogP contribution in [0.25, 0.3) is 0 Å². The number of nitriles is 1. The van der Waals surface area contributed by atoms with Crippen LogP contribution >= 0.6 is 0 Å². The zero-order valence-electron chi connectivity index (χ0n) is 17.1. The number of carbonyl (C=O) groups is 2. The first kappa shape index (κ1) is 20.4. The second kappa shape index (κ2) is 9.27. The molecule has 0 aromatic heterocycles. The normalized spacial score (nSPS) is 12.2. The van der Waals surface area contributed by atoms with Crippen LogP contribution in [0.15, 0.2) is 72.8 Å². The monoisotopic (exact) mass is 410 g/mol. The third-order valence-corrected chi connectivity index (χ3v) is 5.44. The number of hydrogen-bond acceptors (Lipinski definition) is 4. The molecule has 0 bridgehead atoms. The van der Waals surface area contributed by atoms with Gasteiger partial charge < -0.3 is 4.74 Å². The van der Waals surface area contributed by atoms with Crippen molar-refractivity contribution in [2.45, 2.75) is 25.7 Å². The Morgan fingerprint density at radius 2 is 1.45 bits per heavy atom. The molecule has 0 unspecified atom stereocenters. The molecule has 1 heterocycles. The predicted octanol–water partition coefficient (Wildman–Crippen LogP) is 4.50. The van der Waals surface area contributed by atoms with Crippen LogP contribution in [0.1, 0.15) is 28.7 Å². The van der Waals surface area contributed by atoms with Gasteiger partial charge in [-0.05, 0) is 60.2 Å². The number of para-hydroxylation sites is 2. The molecule has 154 valence electrons. The zero-order chi connectivity index (χ0) is 21.6. The van der Waals surface area contributed by atoms with Gasteiger partial charge in [-0.3, -0.25) is 14.5 Å². The summed E-state index contributed by atoms with van der Waals surface area (Å²) in [7, 11) is 0. The number of amides is 1. The Hall–Kier alpha value is -3.91. The molecular weight excluding hydrogens is 388 g/mol. The number of nitrogens with zero attached hydrogens (tertiary/aromatic N) is 2. The van der Waals surface area contributed by atoms with Gasteiger partial charge in [-0.2, -0.15) is 5.26 Å². The van der Waals surface area contributed by atoms with Gasteiger partial charge in [0.05, 0.1) is 23.0 Å². The molecule has 0 spiro atoms. The molecule has 0 saturated heterocycles. The van der Waals surface area contributed by atoms with Gasteiger partial charge >= 0.3 is 5.97 Å². The lowest BCUT2D eigenvalue weighted by molar-refractivity contribution is -0.147. The fourth-order valence-electron chi connectivity index (χ4n) is 3.82. The van der Waals surface area contributed by atoms with Crippen LogP contribution in [0.4, 0.5) is 11.4 Å². The summed E-state index contributed by atoms with van der Waals surface area (Å²) in [5, 5.41) is 8.86. The Labute approximate surface area is 181 Å². The van der Waals surface area contributed by atoms with E-state index in [1.54, 1.807) is 17.0 Å². The minimum atomic E-state index is -0.422. The fraction of sp³-hybridized carbons (Fsp3) is 0.192. The van der Waals surface area contributed by atoms with Crippen LogP contribution in [0.2, 0.25) is 0 Å². The van der Waals surface area contributed by atoms with Crippen molar-refractivity contribution in [1.29, 1.82) is 5.26 Å². The quantitative estimate of drug-likeness (QED) is 0.581. The highest BCUT2D eigenvalue weighted by Crippen LogP contribution is 2.35. The molecule has 31 heavy (non-hydrogen) atoms. The number of anilines is 2. The number of fused-ring (bicyclic) bond motifs is 2. The second-order valence-corrected chi connectivity index (χ2v) is 7.46. The summed E-state index contributed by atoms with van der Waals surface area (Å²) >= 11 is 0. The smallest absolute Gasteiger partial charge is 0.306 e. The van der Waals surface area contributed by atoms with Crippen molar-refractivity contribution in [1.82, 2.24) is 0 Å². The third-order valence-electron chi connectivity index (χ3n) is 5.44. The molecule has 0 fully saturated rings. The number of esters is 1. The lowest BCUT2D eigenvalue weighted by Gasteiger charge is -2.24. The number of hydrogen-bond donors (Lipinski definition) is 0. The van der Waals surface area contributed by atoms with Crippen LogP contribution in [0.5, 0.6) is 0 Å². The average molecular weight is 410 g/mol. The van der Waals surface area contributed by atoms with E-state index in [4.69, 9.17) is 10.00 Å². The number of ether oxygens (including phenoxy) is 1. The summed E-state index contributed by atoms with van der Waals surface area (Å²) in [6, 6.07) is 24.9. The minimum absolute atomic E-state index is 0.173. The fourth-order valence-corrected chi connectivity index (χ4v) is 3.82. The number of aryl methyl sites for hydroxylation is 3. The topological polar surface area (TPSA) is 70.4 Å². The molecular formula is C26H22N2O3. The number of rotatable bonds is 5. The molecule has 0 aliphatic carbocycles. The largest absolute Gasteiger partial charge is 0.456 e. The summed E-state index contributed by atoms with van der Waals surface area (Å²) in [5.41, 5.74) is 5.39. The molecule has 5 heteroatoms. The van der Waals surface area contributed by atoms with Crippen molar-refractivity contribution in [3.63, 3.8) is 0 Å². The Kier molecular flexibility index (Phi) is 6.09. The van der Waals surface area contributed by atoms with E-state index in [1.165, 1.54) is 0 Å². The molecule has 0 atom stereocenters. The van der Waals surface area contributed by atoms with Crippen molar-refractivity contribution in [2.75, 3.05) is 11.5 Å². The highest BCUT2D eigenvalue weighted by Gasteiger charge is 2.26. The Balaban J connectivity index is 1.43. The van der Waals surface area contributed by atoms with Crippen LogP contribution in [-0.2, 0) is 33.6 Å². The van der Waals surface area contributed by atoms with Crippen LogP contribution in [0, 0.1) is 11.3 Å². The van der Waals surface area contributed by atoms with E-state index in [1.807, 2.05) is 60.7 Å². The minimum Gasteiger partial charge on any atom is -0.456 e. The first-order valence-electron chi connectivity index (χ1n) is 10.3. The van der Waals surface area contributed by atoms with E-state index in [2.05, 4.69) is 6.07 Å². The van der Waals surface area contributed by atoms with E-state index in [9.17, 15) is 9.59 Å². The first-order chi connectivity index (χ1) is 15.2. The van der Waals surface area contributed by atoms with Gasteiger partial charge in [0.2, 0.25) is 0 Å². The van der Waals surface area contributed by atoms with Gasteiger partial charge in [0.25, 0.3) is 5.91 Å². The summed E-state index contributed by atoms with van der Waals surface area (Å²) < 4.78 is 5.31. The highest BCUT2D eigenvalue weighted by molar-refractivity contribution is 6.03. The molecule has 0 radical (unpaired) electrons. The molecule has 1 aliphatic heterocycles. The van der Waals surface area contributed by atoms with E-state index in [-0.39, 0.29) is 18.9 Å². The van der Waals surface area contributed by atoms with E-state index in [0.29, 0.717) is 12.0 Å². The van der Waals surface area contributed by atoms with Crippen LogP contribution in [0.3, 0.4) is 0 Å². The molecule has 0 N–H and O–H groups in total. The van der Waals surface area contributed by atoms with Crippen molar-refractivity contribution >= 4 is 23.3 Å². The van der Waals surface area contributed by atoms with Crippen LogP contribution in [-0.4, -0.2) is 18.5 Å². The maximum atomic E-state index is 13.1. The molecule has 0 saturated carbocycles. The first-order valence-corrected chi connectivity index (χ1v) is 10.3. The summed E-state index contributed by atoms with van der Waals surface area (Å²) in [6.45, 7) is -0.311. The molecule has 5 nitrogen and oxygen atoms in total. The molecule has 1 aliphatic rings. The second-order valence-electron chi connectivity index (χ2n) is 7.46. The highest BCUT2D eigenvalue weighted by atomic mass is 16.5. The summed E-state index contributed by atoms with van der Waals surface area (Å²) in [4.78, 5) is 27.1. The lowest BCUT2D eigenvalue weighted by Crippen LogP contribution is -2.31. The Morgan fingerprint density at radius 1 is 0.871 bits per heavy atom. The lowest BCUT2D eigenvalue weighted by atomic mass is 10.0. The van der Waals surface area contributed by atoms with Crippen molar-refractivity contribution in [3.8, 4) is 6.07 Å². The Morgan fingerprint density at radius 3 is 2.03 bits per heavy atom. The zero-order valence-corrected chi connectivity index (χ0v) is 17.1. The van der Waals surface area contributed by atoms with Crippen molar-refractivity contribution < 1.29 is 14.3 Å². The third kappa shape index (κ3) is 4.65. The standard InChI is InChI=1S/C26H22N2O3/c27-17-20-11-9-19(10-12-20)13-16-26(30)31-18-25(29)28-23-7-3-1-5-21(23)14-15-22-6-2-4-8-24(22)28/h1-12H,13-16,18H2. The molecule has 4 rings (SSSR count). The summed E-state index contributed by atoms with van der Waals surface area (Å²) in [5.74, 6) is -0.692. The van der Waals surface area contributed by atoms with Gasteiger partial charge in [-0.15, -0.1) is 0 Å². The Bertz CT molecular complexity index is 1100. The molecule has 3 aromatic carbocycles. The maximum absolute atomic E-state index is 13.1. The van der Waals surface area contributed by atoms with E-state index >= 15 is 0 Å². The molecule has 1 amide bonds. The van der Waals surface area contributed by atoms with Crippen molar-refractivity contribution in [2.24, 2.45) is 0 Å². The van der Waals surface area contributed by atoms with Gasteiger partial charge in [0, 0.05) is 6.42 Å². The van der Waals surface area contributed by atoms with Gasteiger partial charge in [0.15, 0.2) is 6.61 Å². The summed E-state index contributed by atoms with van der Waals surface area (Å²) in [6.07, 6.45) is 2.36. The molecule has 3 aromatic rings. The van der Waals surface area contributed by atoms with Gasteiger partial charge in [0.1, 0.15) is 0 Å². The van der Waals surface area contributed by atoms with Crippen molar-refractivity contribution in [3.05, 3.63) is 95.1 Å². The van der Waals surface area contributed by atoms with E-state index in [0.717, 1.165) is 40.9 Å². The average Bonchev–Trinajstić information content (AvgIpc) is 2.98. The number of carbonyl (C=O) groups excluding carboxylic acids is 2.